The van der Waals surface area contributed by atoms with Crippen LogP contribution in [-0.2, 0) is 9.84 Å². The van der Waals surface area contributed by atoms with Crippen molar-refractivity contribution in [2.75, 3.05) is 37.3 Å². The molecule has 0 N–H and O–H groups in total. The van der Waals surface area contributed by atoms with Gasteiger partial charge in [-0.15, -0.1) is 0 Å². The van der Waals surface area contributed by atoms with Crippen molar-refractivity contribution in [3.8, 4) is 0 Å². The van der Waals surface area contributed by atoms with Crippen molar-refractivity contribution in [2.24, 2.45) is 0 Å². The average molecular weight is 448 g/mol. The van der Waals surface area contributed by atoms with E-state index in [4.69, 9.17) is 34.8 Å². The molecule has 0 aliphatic carbocycles. The Bertz CT molecular complexity index is 987. The van der Waals surface area contributed by atoms with Crippen LogP contribution in [0.4, 0.5) is 5.69 Å². The molecule has 0 unspecified atom stereocenters. The zero-order chi connectivity index (χ0) is 19.8. The Kier molecular flexibility index (Phi) is 5.91. The lowest BCUT2D eigenvalue weighted by Crippen LogP contribution is -2.48. The van der Waals surface area contributed by atoms with Crippen molar-refractivity contribution < 1.29 is 13.2 Å². The van der Waals surface area contributed by atoms with Gasteiger partial charge >= 0.3 is 0 Å². The van der Waals surface area contributed by atoms with Crippen molar-refractivity contribution in [1.29, 1.82) is 0 Å². The minimum absolute atomic E-state index is 0.0738. The largest absolute Gasteiger partial charge is 0.368 e. The van der Waals surface area contributed by atoms with Crippen LogP contribution in [0.5, 0.6) is 0 Å². The maximum Gasteiger partial charge on any atom is 0.255 e. The van der Waals surface area contributed by atoms with Crippen LogP contribution in [0.15, 0.2) is 41.3 Å². The summed E-state index contributed by atoms with van der Waals surface area (Å²) in [6.07, 6.45) is 1.10. The predicted molar refractivity (Wildman–Crippen MR) is 109 cm³/mol. The molecule has 1 amide bonds. The number of hydrogen-bond donors (Lipinski definition) is 0. The number of sulfone groups is 1. The van der Waals surface area contributed by atoms with E-state index in [1.165, 1.54) is 18.2 Å². The molecule has 3 rings (SSSR count). The first-order chi connectivity index (χ1) is 12.7. The summed E-state index contributed by atoms with van der Waals surface area (Å²) >= 11 is 18.2. The van der Waals surface area contributed by atoms with Crippen LogP contribution in [0.2, 0.25) is 15.1 Å². The molecule has 0 spiro atoms. The SMILES string of the molecule is CS(=O)(=O)c1ccc(Cl)c(C(=O)N2CCN(c3ccc(Cl)c(Cl)c3)CC2)c1. The van der Waals surface area contributed by atoms with E-state index in [0.29, 0.717) is 36.2 Å². The van der Waals surface area contributed by atoms with Crippen LogP contribution < -0.4 is 4.90 Å². The van der Waals surface area contributed by atoms with Gasteiger partial charge in [0.25, 0.3) is 5.91 Å². The molecule has 0 radical (unpaired) electrons. The molecule has 2 aromatic rings. The Labute approximate surface area is 173 Å². The monoisotopic (exact) mass is 446 g/mol. The van der Waals surface area contributed by atoms with Crippen molar-refractivity contribution in [3.63, 3.8) is 0 Å². The summed E-state index contributed by atoms with van der Waals surface area (Å²) in [5.41, 5.74) is 1.14. The van der Waals surface area contributed by atoms with E-state index in [0.717, 1.165) is 11.9 Å². The smallest absolute Gasteiger partial charge is 0.255 e. The molecule has 1 heterocycles. The summed E-state index contributed by atoms with van der Waals surface area (Å²) < 4.78 is 23.5. The summed E-state index contributed by atoms with van der Waals surface area (Å²) in [4.78, 5) is 16.7. The molecule has 1 saturated heterocycles. The highest BCUT2D eigenvalue weighted by molar-refractivity contribution is 7.90. The maximum absolute atomic E-state index is 12.8. The molecule has 1 fully saturated rings. The fourth-order valence-electron chi connectivity index (χ4n) is 2.92. The molecule has 2 aromatic carbocycles. The average Bonchev–Trinajstić information content (AvgIpc) is 2.63. The van der Waals surface area contributed by atoms with E-state index < -0.39 is 9.84 Å². The molecular weight excluding hydrogens is 431 g/mol. The molecule has 27 heavy (non-hydrogen) atoms. The van der Waals surface area contributed by atoms with E-state index in [2.05, 4.69) is 4.90 Å². The number of amides is 1. The topological polar surface area (TPSA) is 57.7 Å². The van der Waals surface area contributed by atoms with Gasteiger partial charge in [0.15, 0.2) is 9.84 Å². The van der Waals surface area contributed by atoms with Crippen molar-refractivity contribution in [1.82, 2.24) is 4.90 Å². The maximum atomic E-state index is 12.8. The van der Waals surface area contributed by atoms with Crippen LogP contribution in [0.3, 0.4) is 0 Å². The van der Waals surface area contributed by atoms with E-state index >= 15 is 0 Å². The third-order valence-electron chi connectivity index (χ3n) is 4.43. The molecule has 0 atom stereocenters. The number of halogens is 3. The van der Waals surface area contributed by atoms with Crippen molar-refractivity contribution in [2.45, 2.75) is 4.90 Å². The number of carbonyl (C=O) groups excluding carboxylic acids is 1. The van der Waals surface area contributed by atoms with Gasteiger partial charge in [0.05, 0.1) is 25.5 Å². The number of anilines is 1. The Morgan fingerprint density at radius 2 is 1.52 bits per heavy atom. The second-order valence-corrected chi connectivity index (χ2v) is 9.53. The lowest BCUT2D eigenvalue weighted by molar-refractivity contribution is 0.0746. The molecule has 1 aliphatic rings. The van der Waals surface area contributed by atoms with Gasteiger partial charge in [-0.05, 0) is 36.4 Å². The predicted octanol–water partition coefficient (Wildman–Crippen LogP) is 4.01. The molecule has 0 bridgehead atoms. The number of nitrogens with zero attached hydrogens (tertiary/aromatic N) is 2. The third-order valence-corrected chi connectivity index (χ3v) is 6.61. The van der Waals surface area contributed by atoms with E-state index in [-0.39, 0.29) is 21.4 Å². The zero-order valence-electron chi connectivity index (χ0n) is 14.5. The zero-order valence-corrected chi connectivity index (χ0v) is 17.5. The molecular formula is C18H17Cl3N2O3S. The molecule has 0 saturated carbocycles. The molecule has 9 heteroatoms. The normalized spacial score (nSPS) is 15.1. The second kappa shape index (κ2) is 7.87. The van der Waals surface area contributed by atoms with Gasteiger partial charge in [0, 0.05) is 38.1 Å². The van der Waals surface area contributed by atoms with E-state index in [1.54, 1.807) is 17.0 Å². The Hall–Kier alpha value is -1.47. The lowest BCUT2D eigenvalue weighted by atomic mass is 10.1. The fourth-order valence-corrected chi connectivity index (χ4v) is 4.06. The van der Waals surface area contributed by atoms with Gasteiger partial charge < -0.3 is 9.80 Å². The number of benzene rings is 2. The number of hydrogen-bond acceptors (Lipinski definition) is 4. The number of rotatable bonds is 3. The van der Waals surface area contributed by atoms with E-state index in [1.807, 2.05) is 6.07 Å². The van der Waals surface area contributed by atoms with Gasteiger partial charge in [-0.1, -0.05) is 34.8 Å². The number of piperazine rings is 1. The quantitative estimate of drug-likeness (QED) is 0.713. The number of carbonyl (C=O) groups is 1. The minimum atomic E-state index is -3.42. The van der Waals surface area contributed by atoms with E-state index in [9.17, 15) is 13.2 Å². The highest BCUT2D eigenvalue weighted by Gasteiger charge is 2.25. The van der Waals surface area contributed by atoms with Crippen LogP contribution in [0.25, 0.3) is 0 Å². The summed E-state index contributed by atoms with van der Waals surface area (Å²) in [5, 5.41) is 1.21. The first kappa shape index (κ1) is 20.3. The molecule has 1 aliphatic heterocycles. The summed E-state index contributed by atoms with van der Waals surface area (Å²) in [5.74, 6) is -0.278. The first-order valence-corrected chi connectivity index (χ1v) is 11.2. The van der Waals surface area contributed by atoms with Crippen molar-refractivity contribution in [3.05, 3.63) is 57.0 Å². The standard InChI is InChI=1S/C18H17Cl3N2O3S/c1-27(25,26)13-3-5-15(19)14(11-13)18(24)23-8-6-22(7-9-23)12-2-4-16(20)17(21)10-12/h2-5,10-11H,6-9H2,1H3. The fraction of sp³-hybridized carbons (Fsp3) is 0.278. The highest BCUT2D eigenvalue weighted by Crippen LogP contribution is 2.28. The van der Waals surface area contributed by atoms with Gasteiger partial charge in [-0.25, -0.2) is 8.42 Å². The van der Waals surface area contributed by atoms with Gasteiger partial charge in [-0.2, -0.15) is 0 Å². The first-order valence-electron chi connectivity index (χ1n) is 8.15. The van der Waals surface area contributed by atoms with Crippen LogP contribution in [0, 0.1) is 0 Å². The Morgan fingerprint density at radius 1 is 0.889 bits per heavy atom. The van der Waals surface area contributed by atoms with Crippen molar-refractivity contribution >= 4 is 56.2 Å². The van der Waals surface area contributed by atoms with Crippen LogP contribution in [0.1, 0.15) is 10.4 Å². The third kappa shape index (κ3) is 4.51. The lowest BCUT2D eigenvalue weighted by Gasteiger charge is -2.36. The molecule has 144 valence electrons. The Morgan fingerprint density at radius 3 is 2.11 bits per heavy atom. The van der Waals surface area contributed by atoms with Gasteiger partial charge in [0.2, 0.25) is 0 Å². The van der Waals surface area contributed by atoms with Gasteiger partial charge in [-0.3, -0.25) is 4.79 Å². The Balaban J connectivity index is 1.74. The second-order valence-electron chi connectivity index (χ2n) is 6.29. The van der Waals surface area contributed by atoms with Crippen LogP contribution in [-0.4, -0.2) is 51.7 Å². The van der Waals surface area contributed by atoms with Gasteiger partial charge in [0.1, 0.15) is 0 Å². The highest BCUT2D eigenvalue weighted by atomic mass is 35.5. The minimum Gasteiger partial charge on any atom is -0.368 e. The van der Waals surface area contributed by atoms with Crippen LogP contribution >= 0.6 is 34.8 Å². The molecule has 0 aromatic heterocycles. The summed E-state index contributed by atoms with van der Waals surface area (Å²) in [6, 6.07) is 9.61. The summed E-state index contributed by atoms with van der Waals surface area (Å²) in [6.45, 7) is 2.21. The summed E-state index contributed by atoms with van der Waals surface area (Å²) in [7, 11) is -3.42. The molecule has 5 nitrogen and oxygen atoms in total.